The second kappa shape index (κ2) is 5.06. The van der Waals surface area contributed by atoms with Crippen molar-refractivity contribution in [2.45, 2.75) is 33.3 Å². The summed E-state index contributed by atoms with van der Waals surface area (Å²) in [5, 5.41) is 9.80. The van der Waals surface area contributed by atoms with Crippen LogP contribution in [-0.2, 0) is 11.2 Å². The number of nitrogens with zero attached hydrogens (tertiary/aromatic N) is 1. The van der Waals surface area contributed by atoms with Gasteiger partial charge < -0.3 is 5.11 Å². The van der Waals surface area contributed by atoms with Crippen molar-refractivity contribution in [2.24, 2.45) is 5.41 Å². The lowest BCUT2D eigenvalue weighted by Gasteiger charge is -2.24. The molecule has 0 amide bonds. The van der Waals surface area contributed by atoms with Crippen LogP contribution in [0.1, 0.15) is 26.3 Å². The number of hydrogen-bond acceptors (Lipinski definition) is 3. The average Bonchev–Trinajstić information content (AvgIpc) is 2.15. The minimum absolute atomic E-state index is 0.174. The maximum atomic E-state index is 11.8. The van der Waals surface area contributed by atoms with Gasteiger partial charge in [-0.15, -0.1) is 0 Å². The van der Waals surface area contributed by atoms with Crippen molar-refractivity contribution in [3.8, 4) is 0 Å². The summed E-state index contributed by atoms with van der Waals surface area (Å²) < 4.78 is 0.836. The van der Waals surface area contributed by atoms with Gasteiger partial charge in [0.25, 0.3) is 0 Å². The van der Waals surface area contributed by atoms with Crippen molar-refractivity contribution in [1.82, 2.24) is 4.98 Å². The van der Waals surface area contributed by atoms with Gasteiger partial charge in [0.15, 0.2) is 5.78 Å². The maximum Gasteiger partial charge on any atom is 0.166 e. The van der Waals surface area contributed by atoms with Crippen LogP contribution in [0.25, 0.3) is 0 Å². The highest BCUT2D eigenvalue weighted by Crippen LogP contribution is 2.21. The molecule has 1 N–H and O–H groups in total. The van der Waals surface area contributed by atoms with E-state index in [1.54, 1.807) is 12.4 Å². The molecule has 16 heavy (non-hydrogen) atoms. The molecule has 0 aromatic carbocycles. The molecule has 0 aliphatic heterocycles. The van der Waals surface area contributed by atoms with Crippen LogP contribution in [0.5, 0.6) is 0 Å². The molecule has 0 fully saturated rings. The third kappa shape index (κ3) is 3.68. The van der Waals surface area contributed by atoms with E-state index >= 15 is 0 Å². The molecule has 0 aliphatic carbocycles. The highest BCUT2D eigenvalue weighted by atomic mass is 79.9. The third-order valence-electron chi connectivity index (χ3n) is 2.27. The summed E-state index contributed by atoms with van der Waals surface area (Å²) in [5.74, 6) is -0.174. The van der Waals surface area contributed by atoms with Crippen molar-refractivity contribution in [3.63, 3.8) is 0 Å². The van der Waals surface area contributed by atoms with E-state index in [9.17, 15) is 9.90 Å². The lowest BCUT2D eigenvalue weighted by Crippen LogP contribution is -2.35. The van der Waals surface area contributed by atoms with E-state index in [0.717, 1.165) is 10.0 Å². The van der Waals surface area contributed by atoms with Gasteiger partial charge in [0.1, 0.15) is 6.10 Å². The molecule has 88 valence electrons. The van der Waals surface area contributed by atoms with Gasteiger partial charge in [0, 0.05) is 23.3 Å². The summed E-state index contributed by atoms with van der Waals surface area (Å²) in [6.45, 7) is 5.53. The number of hydrogen-bond donors (Lipinski definition) is 1. The molecule has 0 bridgehead atoms. The summed E-state index contributed by atoms with van der Waals surface area (Å²) in [5.41, 5.74) is 0.388. The number of aliphatic hydroxyl groups excluding tert-OH is 1. The van der Waals surface area contributed by atoms with E-state index in [1.807, 2.05) is 26.8 Å². The largest absolute Gasteiger partial charge is 0.385 e. The van der Waals surface area contributed by atoms with E-state index in [4.69, 9.17) is 0 Å². The smallest absolute Gasteiger partial charge is 0.166 e. The first-order valence-corrected chi connectivity index (χ1v) is 5.90. The zero-order chi connectivity index (χ0) is 12.3. The highest BCUT2D eigenvalue weighted by Gasteiger charge is 2.28. The summed E-state index contributed by atoms with van der Waals surface area (Å²) in [6, 6.07) is 1.83. The molecule has 0 aliphatic rings. The summed E-state index contributed by atoms with van der Waals surface area (Å²) in [7, 11) is 0. The Morgan fingerprint density at radius 1 is 1.50 bits per heavy atom. The average molecular weight is 286 g/mol. The van der Waals surface area contributed by atoms with Gasteiger partial charge in [-0.3, -0.25) is 9.78 Å². The Hall–Kier alpha value is -0.740. The lowest BCUT2D eigenvalue weighted by molar-refractivity contribution is -0.131. The third-order valence-corrected chi connectivity index (χ3v) is 2.70. The molecule has 1 unspecified atom stereocenters. The Kier molecular flexibility index (Phi) is 4.21. The van der Waals surface area contributed by atoms with Crippen molar-refractivity contribution in [1.29, 1.82) is 0 Å². The molecule has 1 aromatic heterocycles. The SMILES string of the molecule is CC(C)(C)C(O)C(=O)Cc1cncc(Br)c1. The number of aliphatic hydroxyl groups is 1. The molecule has 0 saturated heterocycles. The van der Waals surface area contributed by atoms with Gasteiger partial charge in [-0.1, -0.05) is 20.8 Å². The van der Waals surface area contributed by atoms with Gasteiger partial charge in [0.2, 0.25) is 0 Å². The lowest BCUT2D eigenvalue weighted by atomic mass is 9.85. The monoisotopic (exact) mass is 285 g/mol. The zero-order valence-corrected chi connectivity index (χ0v) is 11.3. The van der Waals surface area contributed by atoms with Crippen LogP contribution in [-0.4, -0.2) is 22.0 Å². The Balaban J connectivity index is 2.72. The molecule has 1 aromatic rings. The van der Waals surface area contributed by atoms with E-state index in [-0.39, 0.29) is 12.2 Å². The van der Waals surface area contributed by atoms with Crippen molar-refractivity contribution in [2.75, 3.05) is 0 Å². The molecule has 1 heterocycles. The highest BCUT2D eigenvalue weighted by molar-refractivity contribution is 9.10. The van der Waals surface area contributed by atoms with E-state index in [0.29, 0.717) is 0 Å². The van der Waals surface area contributed by atoms with Crippen LogP contribution < -0.4 is 0 Å². The Morgan fingerprint density at radius 2 is 2.12 bits per heavy atom. The summed E-state index contributed by atoms with van der Waals surface area (Å²) >= 11 is 3.29. The second-order valence-electron chi connectivity index (χ2n) is 4.92. The van der Waals surface area contributed by atoms with E-state index in [1.165, 1.54) is 0 Å². The topological polar surface area (TPSA) is 50.2 Å². The normalized spacial score (nSPS) is 13.6. The molecule has 0 spiro atoms. The Bertz CT molecular complexity index is 385. The fraction of sp³-hybridized carbons (Fsp3) is 0.500. The number of Topliss-reactive ketones (excluding diaryl/α,β-unsaturated/α-hetero) is 1. The number of carbonyl (C=O) groups is 1. The molecule has 0 saturated carbocycles. The van der Waals surface area contributed by atoms with Crippen molar-refractivity contribution in [3.05, 3.63) is 28.5 Å². The van der Waals surface area contributed by atoms with Gasteiger partial charge in [-0.25, -0.2) is 0 Å². The van der Waals surface area contributed by atoms with Gasteiger partial charge in [-0.2, -0.15) is 0 Å². The molecule has 0 radical (unpaired) electrons. The Labute approximate surface area is 104 Å². The van der Waals surface area contributed by atoms with Crippen molar-refractivity contribution >= 4 is 21.7 Å². The predicted molar refractivity (Wildman–Crippen MR) is 66.1 cm³/mol. The zero-order valence-electron chi connectivity index (χ0n) is 9.70. The first-order valence-electron chi connectivity index (χ1n) is 5.11. The molecule has 4 heteroatoms. The van der Waals surface area contributed by atoms with E-state index in [2.05, 4.69) is 20.9 Å². The van der Waals surface area contributed by atoms with Crippen LogP contribution >= 0.6 is 15.9 Å². The molecular weight excluding hydrogens is 270 g/mol. The van der Waals surface area contributed by atoms with Crippen molar-refractivity contribution < 1.29 is 9.90 Å². The molecule has 3 nitrogen and oxygen atoms in total. The number of aromatic nitrogens is 1. The van der Waals surface area contributed by atoms with Crippen LogP contribution in [0, 0.1) is 5.41 Å². The molecule has 1 rings (SSSR count). The fourth-order valence-corrected chi connectivity index (χ4v) is 1.75. The first-order chi connectivity index (χ1) is 7.30. The van der Waals surface area contributed by atoms with Crippen LogP contribution in [0.4, 0.5) is 0 Å². The Morgan fingerprint density at radius 3 is 2.62 bits per heavy atom. The molecular formula is C12H16BrNO2. The number of halogens is 1. The van der Waals surface area contributed by atoms with Gasteiger partial charge in [-0.05, 0) is 33.0 Å². The quantitative estimate of drug-likeness (QED) is 0.928. The predicted octanol–water partition coefficient (Wildman–Crippen LogP) is 2.36. The number of rotatable bonds is 3. The van der Waals surface area contributed by atoms with Gasteiger partial charge in [0.05, 0.1) is 0 Å². The van der Waals surface area contributed by atoms with Crippen LogP contribution in [0.3, 0.4) is 0 Å². The summed E-state index contributed by atoms with van der Waals surface area (Å²) in [6.07, 6.45) is 2.57. The second-order valence-corrected chi connectivity index (χ2v) is 5.84. The molecule has 1 atom stereocenters. The number of pyridine rings is 1. The van der Waals surface area contributed by atoms with E-state index < -0.39 is 11.5 Å². The standard InChI is InChI=1S/C12H16BrNO2/c1-12(2,3)11(16)10(15)5-8-4-9(13)7-14-6-8/h4,6-7,11,16H,5H2,1-3H3. The number of ketones is 1. The maximum absolute atomic E-state index is 11.8. The minimum Gasteiger partial charge on any atom is -0.385 e. The number of carbonyl (C=O) groups excluding carboxylic acids is 1. The first kappa shape index (κ1) is 13.3. The minimum atomic E-state index is -0.938. The van der Waals surface area contributed by atoms with Gasteiger partial charge >= 0.3 is 0 Å². The van der Waals surface area contributed by atoms with Crippen LogP contribution in [0.2, 0.25) is 0 Å². The fourth-order valence-electron chi connectivity index (χ4n) is 1.33. The summed E-state index contributed by atoms with van der Waals surface area (Å²) in [4.78, 5) is 15.8. The van der Waals surface area contributed by atoms with Crippen LogP contribution in [0.15, 0.2) is 22.9 Å².